The number of aliphatic hydroxyl groups excluding tert-OH is 2. The van der Waals surface area contributed by atoms with Crippen molar-refractivity contribution in [1.29, 1.82) is 1.43 Å². The Bertz CT molecular complexity index is 178. The molecule has 0 spiro atoms. The van der Waals surface area contributed by atoms with Crippen molar-refractivity contribution in [3.63, 3.8) is 0 Å². The second kappa shape index (κ2) is 7.44. The topological polar surface area (TPSA) is 85.2 Å². The fourth-order valence-electron chi connectivity index (χ4n) is 0.565. The van der Waals surface area contributed by atoms with Crippen LogP contribution in [0.4, 0.5) is 0 Å². The largest absolute Gasteiger partial charge is 0.394 e. The van der Waals surface area contributed by atoms with E-state index in [0.29, 0.717) is 0 Å². The highest BCUT2D eigenvalue weighted by Gasteiger charge is 2.15. The highest BCUT2D eigenvalue weighted by Crippen LogP contribution is 2.42. The average Bonchev–Trinajstić information content (AvgIpc) is 2.11. The Morgan fingerprint density at radius 2 is 2.15 bits per heavy atom. The second-order valence-corrected chi connectivity index (χ2v) is 4.24. The maximum atomic E-state index is 11.2. The Balaban J connectivity index is 3.30. The lowest BCUT2D eigenvalue weighted by Gasteiger charge is -2.11. The van der Waals surface area contributed by atoms with E-state index in [4.69, 9.17) is 15.8 Å². The van der Waals surface area contributed by atoms with Crippen molar-refractivity contribution in [3.05, 3.63) is 0 Å². The van der Waals surface area contributed by atoms with Crippen molar-refractivity contribution in [3.8, 4) is 0 Å². The summed E-state index contributed by atoms with van der Waals surface area (Å²) in [6.45, 7) is 1.41. The fraction of sp³-hybridized carbons (Fsp3) is 1.00. The molecule has 1 unspecified atom stereocenters. The normalized spacial score (nSPS) is 16.6. The maximum Gasteiger partial charge on any atom is 0.329 e. The van der Waals surface area contributed by atoms with Crippen LogP contribution in [0.5, 0.6) is 0 Å². The van der Waals surface area contributed by atoms with Crippen molar-refractivity contribution in [2.75, 3.05) is 39.9 Å². The minimum Gasteiger partial charge on any atom is -0.394 e. The molecule has 0 aromatic heterocycles. The van der Waals surface area contributed by atoms with Gasteiger partial charge in [0.15, 0.2) is 6.79 Å². The highest BCUT2D eigenvalue weighted by atomic mass is 31.2. The molecule has 0 fully saturated rings. The molecule has 0 saturated heterocycles. The molecule has 0 aliphatic carbocycles. The molecule has 0 saturated carbocycles. The SMILES string of the molecule is [2H]OCCOCCOP(C)(=O)OCO. The van der Waals surface area contributed by atoms with E-state index in [1.165, 1.54) is 6.66 Å². The molecule has 13 heavy (non-hydrogen) atoms. The summed E-state index contributed by atoms with van der Waals surface area (Å²) >= 11 is 0. The highest BCUT2D eigenvalue weighted by molar-refractivity contribution is 7.52. The molecule has 0 aromatic rings. The van der Waals surface area contributed by atoms with Crippen LogP contribution in [0.1, 0.15) is 0 Å². The van der Waals surface area contributed by atoms with Gasteiger partial charge in [-0.05, 0) is 0 Å². The zero-order valence-electron chi connectivity index (χ0n) is 8.47. The molecule has 2 N–H and O–H groups in total. The predicted octanol–water partition coefficient (Wildman–Crippen LogP) is -0.199. The Labute approximate surface area is 78.4 Å². The number of hydrogen-bond donors (Lipinski definition) is 2. The van der Waals surface area contributed by atoms with Crippen molar-refractivity contribution in [2.45, 2.75) is 0 Å². The van der Waals surface area contributed by atoms with Gasteiger partial charge >= 0.3 is 7.60 Å². The Kier molecular flexibility index (Phi) is 6.35. The van der Waals surface area contributed by atoms with Gasteiger partial charge in [0.05, 0.1) is 26.4 Å². The van der Waals surface area contributed by atoms with E-state index in [1.54, 1.807) is 0 Å². The molecular formula is C6H15O6P. The smallest absolute Gasteiger partial charge is 0.329 e. The molecule has 0 amide bonds. The van der Waals surface area contributed by atoms with Crippen LogP contribution in [-0.2, 0) is 18.3 Å². The first-order valence-electron chi connectivity index (χ1n) is 4.16. The van der Waals surface area contributed by atoms with Crippen molar-refractivity contribution in [2.24, 2.45) is 0 Å². The molecule has 6 nitrogen and oxygen atoms in total. The molecule has 1 atom stereocenters. The second-order valence-electron chi connectivity index (χ2n) is 2.18. The first kappa shape index (κ1) is 11.1. The minimum atomic E-state index is -3.15. The lowest BCUT2D eigenvalue weighted by molar-refractivity contribution is 0.0498. The summed E-state index contributed by atoms with van der Waals surface area (Å²) in [5, 5.41) is 12.3. The molecule has 0 aliphatic heterocycles. The van der Waals surface area contributed by atoms with Gasteiger partial charge in [0.1, 0.15) is 0 Å². The van der Waals surface area contributed by atoms with Gasteiger partial charge in [0.2, 0.25) is 1.43 Å². The van der Waals surface area contributed by atoms with Crippen LogP contribution in [-0.4, -0.2) is 51.5 Å². The van der Waals surface area contributed by atoms with Crippen LogP contribution in [0.3, 0.4) is 0 Å². The van der Waals surface area contributed by atoms with E-state index in [2.05, 4.69) is 9.63 Å². The van der Waals surface area contributed by atoms with Crippen LogP contribution in [0.2, 0.25) is 0 Å². The van der Waals surface area contributed by atoms with Crippen LogP contribution in [0.15, 0.2) is 0 Å². The quantitative estimate of drug-likeness (QED) is 0.315. The van der Waals surface area contributed by atoms with Gasteiger partial charge in [-0.1, -0.05) is 0 Å². The minimum absolute atomic E-state index is 0.103. The van der Waals surface area contributed by atoms with Crippen LogP contribution < -0.4 is 0 Å². The summed E-state index contributed by atoms with van der Waals surface area (Å²) in [5.74, 6) is 0. The van der Waals surface area contributed by atoms with E-state index < -0.39 is 14.4 Å². The van der Waals surface area contributed by atoms with Gasteiger partial charge in [-0.25, -0.2) is 0 Å². The summed E-state index contributed by atoms with van der Waals surface area (Å²) in [4.78, 5) is 0. The summed E-state index contributed by atoms with van der Waals surface area (Å²) in [7, 11) is -3.15. The van der Waals surface area contributed by atoms with Crippen LogP contribution >= 0.6 is 7.60 Å². The fourth-order valence-corrected chi connectivity index (χ4v) is 1.26. The van der Waals surface area contributed by atoms with E-state index in [-0.39, 0.29) is 26.4 Å². The van der Waals surface area contributed by atoms with Gasteiger partial charge in [-0.3, -0.25) is 9.09 Å². The zero-order chi connectivity index (χ0) is 10.9. The molecule has 0 bridgehead atoms. The van der Waals surface area contributed by atoms with Gasteiger partial charge in [-0.2, -0.15) is 0 Å². The van der Waals surface area contributed by atoms with Crippen LogP contribution in [0, 0.1) is 0 Å². The van der Waals surface area contributed by atoms with Gasteiger partial charge < -0.3 is 19.5 Å². The van der Waals surface area contributed by atoms with Crippen molar-refractivity contribution >= 4 is 7.60 Å². The molecule has 80 valence electrons. The summed E-state index contributed by atoms with van der Waals surface area (Å²) in [5.41, 5.74) is 0. The van der Waals surface area contributed by atoms with Gasteiger partial charge in [-0.15, -0.1) is 0 Å². The van der Waals surface area contributed by atoms with E-state index in [9.17, 15) is 4.57 Å². The maximum absolute atomic E-state index is 11.2. The van der Waals surface area contributed by atoms with Crippen molar-refractivity contribution in [1.82, 2.24) is 0 Å². The molecule has 0 heterocycles. The molecule has 0 aromatic carbocycles. The molecule has 0 radical (unpaired) electrons. The van der Waals surface area contributed by atoms with Crippen molar-refractivity contribution < 1.29 is 28.6 Å². The van der Waals surface area contributed by atoms with E-state index in [0.717, 1.165) is 0 Å². The monoisotopic (exact) mass is 215 g/mol. The molecular weight excluding hydrogens is 199 g/mol. The van der Waals surface area contributed by atoms with Crippen LogP contribution in [0.25, 0.3) is 0 Å². The number of aliphatic hydroxyl groups is 2. The molecule has 0 rings (SSSR count). The molecule has 0 aliphatic rings. The number of hydrogen-bond acceptors (Lipinski definition) is 6. The third-order valence-corrected chi connectivity index (χ3v) is 2.31. The Morgan fingerprint density at radius 1 is 1.38 bits per heavy atom. The van der Waals surface area contributed by atoms with Gasteiger partial charge in [0.25, 0.3) is 0 Å². The summed E-state index contributed by atoms with van der Waals surface area (Å²) in [6.07, 6.45) is 0. The third-order valence-electron chi connectivity index (χ3n) is 1.07. The van der Waals surface area contributed by atoms with E-state index in [1.807, 2.05) is 0 Å². The third kappa shape index (κ3) is 8.36. The average molecular weight is 215 g/mol. The molecule has 7 heteroatoms. The Hall–Kier alpha value is 0.0300. The lowest BCUT2D eigenvalue weighted by atomic mass is 10.7. The first-order chi connectivity index (χ1) is 6.62. The van der Waals surface area contributed by atoms with Gasteiger partial charge in [0, 0.05) is 6.66 Å². The standard InChI is InChI=1S/C6H15O6P/c1-13(9,12-6-8)11-5-4-10-3-2-7/h7-8H,2-6H2,1H3/i7D. The summed E-state index contributed by atoms with van der Waals surface area (Å²) < 4.78 is 31.7. The summed E-state index contributed by atoms with van der Waals surface area (Å²) in [6, 6.07) is 0. The number of rotatable bonds is 9. The Morgan fingerprint density at radius 3 is 2.77 bits per heavy atom. The van der Waals surface area contributed by atoms with E-state index >= 15 is 0 Å². The predicted molar refractivity (Wildman–Crippen MR) is 45.6 cm³/mol. The lowest BCUT2D eigenvalue weighted by Crippen LogP contribution is -2.07. The number of ether oxygens (including phenoxy) is 1. The zero-order valence-corrected chi connectivity index (χ0v) is 8.37. The first-order valence-corrected chi connectivity index (χ1v) is 5.74.